The van der Waals surface area contributed by atoms with E-state index in [1.165, 1.54) is 4.68 Å². The molecular formula is C11H10Cl3N3OS. The minimum Gasteiger partial charge on any atom is -0.369 e. The van der Waals surface area contributed by atoms with Crippen LogP contribution in [0.15, 0.2) is 24.3 Å². The predicted octanol–water partition coefficient (Wildman–Crippen LogP) is 3.31. The van der Waals surface area contributed by atoms with Crippen LogP contribution in [0.3, 0.4) is 0 Å². The molecule has 0 amide bonds. The second-order valence-corrected chi connectivity index (χ2v) is 6.65. The number of alkyl halides is 3. The van der Waals surface area contributed by atoms with Crippen LogP contribution in [0.1, 0.15) is 5.82 Å². The molecule has 1 unspecified atom stereocenters. The van der Waals surface area contributed by atoms with Gasteiger partial charge < -0.3 is 5.11 Å². The lowest BCUT2D eigenvalue weighted by Gasteiger charge is -2.23. The zero-order valence-electron chi connectivity index (χ0n) is 9.77. The molecular weight excluding hydrogens is 329 g/mol. The Labute approximate surface area is 129 Å². The van der Waals surface area contributed by atoms with Crippen LogP contribution in [0.25, 0.3) is 10.9 Å². The van der Waals surface area contributed by atoms with Crippen molar-refractivity contribution in [1.82, 2.24) is 9.66 Å². The van der Waals surface area contributed by atoms with Gasteiger partial charge in [-0.15, -0.1) is 0 Å². The van der Waals surface area contributed by atoms with Crippen LogP contribution in [0.4, 0.5) is 0 Å². The summed E-state index contributed by atoms with van der Waals surface area (Å²) >= 11 is 22.2. The Morgan fingerprint density at radius 3 is 2.63 bits per heavy atom. The summed E-state index contributed by atoms with van der Waals surface area (Å²) < 4.78 is 0.00766. The van der Waals surface area contributed by atoms with Gasteiger partial charge in [0, 0.05) is 5.39 Å². The lowest BCUT2D eigenvalue weighted by atomic mass is 10.2. The van der Waals surface area contributed by atoms with E-state index in [0.717, 1.165) is 10.9 Å². The fraction of sp³-hybridized carbons (Fsp3) is 0.273. The highest BCUT2D eigenvalue weighted by Crippen LogP contribution is 2.29. The van der Waals surface area contributed by atoms with E-state index in [1.54, 1.807) is 6.92 Å². The highest BCUT2D eigenvalue weighted by atomic mass is 35.6. The molecule has 0 bridgehead atoms. The lowest BCUT2D eigenvalue weighted by molar-refractivity contribution is 0.191. The van der Waals surface area contributed by atoms with E-state index in [1.807, 2.05) is 24.3 Å². The largest absolute Gasteiger partial charge is 0.369 e. The smallest absolute Gasteiger partial charge is 0.235 e. The third-order valence-corrected chi connectivity index (χ3v) is 3.53. The molecule has 4 nitrogen and oxygen atoms in total. The van der Waals surface area contributed by atoms with Crippen LogP contribution < -0.4 is 5.43 Å². The molecule has 2 N–H and O–H groups in total. The minimum atomic E-state index is -1.87. The van der Waals surface area contributed by atoms with Crippen LogP contribution in [0.5, 0.6) is 0 Å². The van der Waals surface area contributed by atoms with Gasteiger partial charge in [0.1, 0.15) is 10.5 Å². The molecule has 0 saturated heterocycles. The third kappa shape index (κ3) is 3.12. The number of halogens is 3. The average Bonchev–Trinajstić information content (AvgIpc) is 2.33. The van der Waals surface area contributed by atoms with E-state index in [2.05, 4.69) is 10.4 Å². The van der Waals surface area contributed by atoms with Gasteiger partial charge in [-0.05, 0) is 19.1 Å². The summed E-state index contributed by atoms with van der Waals surface area (Å²) in [5.74, 6) is 0.553. The second kappa shape index (κ2) is 5.42. The molecule has 0 saturated carbocycles. The topological polar surface area (TPSA) is 50.1 Å². The molecule has 0 radical (unpaired) electrons. The monoisotopic (exact) mass is 337 g/mol. The molecule has 0 fully saturated rings. The average molecular weight is 339 g/mol. The van der Waals surface area contributed by atoms with Crippen LogP contribution >= 0.6 is 47.0 Å². The van der Waals surface area contributed by atoms with Crippen molar-refractivity contribution in [3.63, 3.8) is 0 Å². The summed E-state index contributed by atoms with van der Waals surface area (Å²) in [5.41, 5.74) is 3.39. The number of hydrogen-bond acceptors (Lipinski definition) is 4. The van der Waals surface area contributed by atoms with E-state index in [-0.39, 0.29) is 0 Å². The van der Waals surface area contributed by atoms with E-state index in [0.29, 0.717) is 10.5 Å². The molecule has 1 aromatic carbocycles. The van der Waals surface area contributed by atoms with Crippen LogP contribution in [0.2, 0.25) is 0 Å². The van der Waals surface area contributed by atoms with E-state index < -0.39 is 10.0 Å². The number of aromatic nitrogens is 2. The van der Waals surface area contributed by atoms with Crippen LogP contribution in [-0.4, -0.2) is 24.8 Å². The summed E-state index contributed by atoms with van der Waals surface area (Å²) in [5, 5.41) is 10.5. The summed E-state index contributed by atoms with van der Waals surface area (Å²) in [4.78, 5) is 4.36. The van der Waals surface area contributed by atoms with E-state index >= 15 is 0 Å². The van der Waals surface area contributed by atoms with Crippen molar-refractivity contribution in [1.29, 1.82) is 0 Å². The number of hydrogen-bond donors (Lipinski definition) is 2. The summed E-state index contributed by atoms with van der Waals surface area (Å²) in [6.45, 7) is 1.74. The lowest BCUT2D eigenvalue weighted by Crippen LogP contribution is -2.39. The third-order valence-electron chi connectivity index (χ3n) is 2.50. The standard InChI is InChI=1S/C11H10Cl3N3OS/c1-6-15-8-5-3-2-4-7(8)9(19)17(6)16-10(18)11(12,13)14/h2-5,10,16,18H,1H3. The quantitative estimate of drug-likeness (QED) is 0.501. The van der Waals surface area contributed by atoms with E-state index in [9.17, 15) is 5.11 Å². The van der Waals surface area contributed by atoms with Crippen molar-refractivity contribution in [3.8, 4) is 0 Å². The summed E-state index contributed by atoms with van der Waals surface area (Å²) in [6.07, 6.45) is -1.41. The molecule has 102 valence electrons. The second-order valence-electron chi connectivity index (χ2n) is 3.89. The normalized spacial score (nSPS) is 13.5. The molecule has 8 heteroatoms. The zero-order valence-corrected chi connectivity index (χ0v) is 12.9. The zero-order chi connectivity index (χ0) is 14.2. The van der Waals surface area contributed by atoms with Gasteiger partial charge in [-0.25, -0.2) is 9.66 Å². The molecule has 1 atom stereocenters. The number of para-hydroxylation sites is 1. The Bertz CT molecular complexity index is 668. The molecule has 1 heterocycles. The van der Waals surface area contributed by atoms with Crippen molar-refractivity contribution in [2.24, 2.45) is 0 Å². The molecule has 1 aromatic heterocycles. The molecule has 0 aliphatic rings. The Morgan fingerprint density at radius 2 is 2.00 bits per heavy atom. The number of aryl methyl sites for hydroxylation is 1. The molecule has 19 heavy (non-hydrogen) atoms. The Hall–Kier alpha value is -0.590. The van der Waals surface area contributed by atoms with Crippen LogP contribution in [0, 0.1) is 11.6 Å². The van der Waals surface area contributed by atoms with Crippen molar-refractivity contribution in [2.75, 3.05) is 5.43 Å². The number of aliphatic hydroxyl groups excluding tert-OH is 1. The maximum absolute atomic E-state index is 9.76. The number of aliphatic hydroxyl groups is 1. The van der Waals surface area contributed by atoms with Crippen LogP contribution in [-0.2, 0) is 0 Å². The maximum Gasteiger partial charge on any atom is 0.235 e. The van der Waals surface area contributed by atoms with Gasteiger partial charge >= 0.3 is 0 Å². The van der Waals surface area contributed by atoms with Gasteiger partial charge in [-0.2, -0.15) is 0 Å². The van der Waals surface area contributed by atoms with Crippen molar-refractivity contribution in [3.05, 3.63) is 34.7 Å². The minimum absolute atomic E-state index is 0.455. The van der Waals surface area contributed by atoms with Crippen molar-refractivity contribution in [2.45, 2.75) is 16.9 Å². The molecule has 0 aliphatic carbocycles. The maximum atomic E-state index is 9.76. The van der Waals surface area contributed by atoms with Gasteiger partial charge in [0.25, 0.3) is 0 Å². The van der Waals surface area contributed by atoms with Crippen molar-refractivity contribution < 1.29 is 5.11 Å². The summed E-state index contributed by atoms with van der Waals surface area (Å²) in [6, 6.07) is 7.42. The first-order valence-electron chi connectivity index (χ1n) is 5.30. The highest BCUT2D eigenvalue weighted by molar-refractivity contribution is 7.71. The fourth-order valence-electron chi connectivity index (χ4n) is 1.59. The Morgan fingerprint density at radius 1 is 1.37 bits per heavy atom. The molecule has 2 rings (SSSR count). The molecule has 0 aliphatic heterocycles. The highest BCUT2D eigenvalue weighted by Gasteiger charge is 2.31. The van der Waals surface area contributed by atoms with Gasteiger partial charge in [0.05, 0.1) is 5.52 Å². The first-order chi connectivity index (χ1) is 8.80. The van der Waals surface area contributed by atoms with Gasteiger partial charge in [-0.3, -0.25) is 5.43 Å². The van der Waals surface area contributed by atoms with Gasteiger partial charge in [0.15, 0.2) is 6.23 Å². The van der Waals surface area contributed by atoms with Gasteiger partial charge in [0.2, 0.25) is 3.79 Å². The number of fused-ring (bicyclic) bond motifs is 1. The number of benzene rings is 1. The van der Waals surface area contributed by atoms with Crippen molar-refractivity contribution >= 4 is 57.9 Å². The predicted molar refractivity (Wildman–Crippen MR) is 81.0 cm³/mol. The number of nitrogens with zero attached hydrogens (tertiary/aromatic N) is 2. The number of rotatable bonds is 2. The molecule has 0 spiro atoms. The Kier molecular flexibility index (Phi) is 4.23. The Balaban J connectivity index is 2.53. The fourth-order valence-corrected chi connectivity index (χ4v) is 2.10. The first-order valence-corrected chi connectivity index (χ1v) is 6.84. The SMILES string of the molecule is Cc1nc2ccccc2c(=S)n1NC(O)C(Cl)(Cl)Cl. The molecule has 2 aromatic rings. The summed E-state index contributed by atoms with van der Waals surface area (Å²) in [7, 11) is 0. The first kappa shape index (κ1) is 14.8. The van der Waals surface area contributed by atoms with Gasteiger partial charge in [-0.1, -0.05) is 59.2 Å². The number of nitrogens with one attached hydrogen (secondary N) is 1. The van der Waals surface area contributed by atoms with E-state index in [4.69, 9.17) is 47.0 Å².